The highest BCUT2D eigenvalue weighted by atomic mass is 16.5. The normalized spacial score (nSPS) is 28.0. The molecule has 32 heavy (non-hydrogen) atoms. The van der Waals surface area contributed by atoms with Crippen LogP contribution in [0.1, 0.15) is 34.7 Å². The van der Waals surface area contributed by atoms with E-state index in [1.807, 2.05) is 18.2 Å². The van der Waals surface area contributed by atoms with Gasteiger partial charge in [-0.15, -0.1) is 0 Å². The lowest BCUT2D eigenvalue weighted by Crippen LogP contribution is -2.39. The van der Waals surface area contributed by atoms with Crippen molar-refractivity contribution < 1.29 is 23.9 Å². The van der Waals surface area contributed by atoms with E-state index in [1.165, 1.54) is 12.7 Å². The highest BCUT2D eigenvalue weighted by molar-refractivity contribution is 6.09. The molecule has 0 spiro atoms. The third kappa shape index (κ3) is 3.28. The molecule has 5 rings (SSSR count). The van der Waals surface area contributed by atoms with Crippen molar-refractivity contribution in [3.8, 4) is 0 Å². The lowest BCUT2D eigenvalue weighted by molar-refractivity contribution is -0.143. The second-order valence-corrected chi connectivity index (χ2v) is 8.84. The number of amides is 3. The van der Waals surface area contributed by atoms with Crippen LogP contribution < -0.4 is 5.32 Å². The number of rotatable bonds is 5. The number of imide groups is 1. The zero-order valence-electron chi connectivity index (χ0n) is 17.7. The fourth-order valence-electron chi connectivity index (χ4n) is 5.91. The van der Waals surface area contributed by atoms with Crippen LogP contribution in [0.5, 0.6) is 0 Å². The first-order valence-corrected chi connectivity index (χ1v) is 10.9. The maximum Gasteiger partial charge on any atom is 0.337 e. The molecule has 1 saturated heterocycles. The molecule has 0 aromatic heterocycles. The van der Waals surface area contributed by atoms with E-state index in [9.17, 15) is 19.2 Å². The number of carbonyl (C=O) groups is 4. The highest BCUT2D eigenvalue weighted by Crippen LogP contribution is 2.61. The Kier molecular flexibility index (Phi) is 5.04. The van der Waals surface area contributed by atoms with Gasteiger partial charge in [-0.2, -0.15) is 0 Å². The summed E-state index contributed by atoms with van der Waals surface area (Å²) in [4.78, 5) is 51.5. The van der Waals surface area contributed by atoms with Gasteiger partial charge in [-0.05, 0) is 60.4 Å². The van der Waals surface area contributed by atoms with E-state index >= 15 is 0 Å². The molecule has 3 amide bonds. The van der Waals surface area contributed by atoms with Crippen LogP contribution in [0.25, 0.3) is 0 Å². The van der Waals surface area contributed by atoms with Crippen LogP contribution in [0.15, 0.2) is 54.6 Å². The summed E-state index contributed by atoms with van der Waals surface area (Å²) >= 11 is 0. The monoisotopic (exact) mass is 432 g/mol. The summed E-state index contributed by atoms with van der Waals surface area (Å²) in [5.74, 6) is -1.30. The number of methoxy groups -OCH3 is 1. The van der Waals surface area contributed by atoms with Crippen LogP contribution in [0.2, 0.25) is 0 Å². The molecule has 3 aliphatic rings. The van der Waals surface area contributed by atoms with Crippen molar-refractivity contribution >= 4 is 29.4 Å². The number of benzene rings is 2. The third-order valence-electron chi connectivity index (χ3n) is 7.23. The number of hydrogen-bond donors (Lipinski definition) is 1. The van der Waals surface area contributed by atoms with Gasteiger partial charge in [0.15, 0.2) is 0 Å². The molecule has 5 atom stereocenters. The minimum Gasteiger partial charge on any atom is -0.465 e. The van der Waals surface area contributed by atoms with Crippen molar-refractivity contribution in [1.82, 2.24) is 4.90 Å². The number of esters is 1. The molecule has 3 fully saturated rings. The van der Waals surface area contributed by atoms with E-state index in [2.05, 4.69) is 22.2 Å². The van der Waals surface area contributed by atoms with Crippen molar-refractivity contribution in [1.29, 1.82) is 0 Å². The lowest BCUT2D eigenvalue weighted by atomic mass is 9.73. The van der Waals surface area contributed by atoms with Crippen molar-refractivity contribution in [2.75, 3.05) is 19.0 Å². The maximum absolute atomic E-state index is 13.2. The average Bonchev–Trinajstić information content (AvgIpc) is 3.47. The van der Waals surface area contributed by atoms with Gasteiger partial charge in [-0.25, -0.2) is 4.79 Å². The molecule has 0 unspecified atom stereocenters. The van der Waals surface area contributed by atoms with Gasteiger partial charge in [0.1, 0.15) is 6.54 Å². The predicted molar refractivity (Wildman–Crippen MR) is 116 cm³/mol. The number of ether oxygens (including phenoxy) is 1. The minimum atomic E-state index is -0.467. The third-order valence-corrected chi connectivity index (χ3v) is 7.23. The Hall–Kier alpha value is -3.48. The molecule has 1 aliphatic heterocycles. The van der Waals surface area contributed by atoms with Gasteiger partial charge in [-0.3, -0.25) is 19.3 Å². The topological polar surface area (TPSA) is 92.8 Å². The van der Waals surface area contributed by atoms with Crippen LogP contribution in [-0.4, -0.2) is 42.2 Å². The summed E-state index contributed by atoms with van der Waals surface area (Å²) < 4.78 is 4.66. The molecule has 2 saturated carbocycles. The van der Waals surface area contributed by atoms with E-state index in [4.69, 9.17) is 0 Å². The van der Waals surface area contributed by atoms with E-state index < -0.39 is 11.9 Å². The Balaban J connectivity index is 1.26. The van der Waals surface area contributed by atoms with E-state index in [0.717, 1.165) is 17.7 Å². The molecular formula is C25H24N2O5. The smallest absolute Gasteiger partial charge is 0.337 e. The summed E-state index contributed by atoms with van der Waals surface area (Å²) in [6.07, 6.45) is 1.82. The van der Waals surface area contributed by atoms with Crippen molar-refractivity contribution in [2.24, 2.45) is 23.7 Å². The summed E-state index contributed by atoms with van der Waals surface area (Å²) in [7, 11) is 1.30. The molecule has 7 nitrogen and oxygen atoms in total. The van der Waals surface area contributed by atoms with Gasteiger partial charge in [0, 0.05) is 5.69 Å². The molecule has 1 N–H and O–H groups in total. The summed E-state index contributed by atoms with van der Waals surface area (Å²) in [5, 5.41) is 2.70. The second kappa shape index (κ2) is 7.89. The highest BCUT2D eigenvalue weighted by Gasteiger charge is 2.63. The Morgan fingerprint density at radius 2 is 1.66 bits per heavy atom. The van der Waals surface area contributed by atoms with Crippen molar-refractivity contribution in [3.63, 3.8) is 0 Å². The second-order valence-electron chi connectivity index (χ2n) is 8.84. The molecule has 1 heterocycles. The van der Waals surface area contributed by atoms with Gasteiger partial charge in [0.2, 0.25) is 17.7 Å². The standard InChI is InChI=1S/C25H24N2O5/c1-32-25(31)15-7-9-17(10-8-15)26-20(28)13-27-23(29)21-16-11-18(14-5-3-2-4-6-14)19(12-16)22(21)24(27)30/h2-10,16,18-19,21-22H,11-13H2,1H3,(H,26,28)/t16-,18-,19-,21+,22-/m0/s1. The first-order valence-electron chi connectivity index (χ1n) is 10.9. The Bertz CT molecular complexity index is 1080. The average molecular weight is 432 g/mol. The Labute approximate surface area is 185 Å². The van der Waals surface area contributed by atoms with Crippen LogP contribution in [0.3, 0.4) is 0 Å². The van der Waals surface area contributed by atoms with Crippen LogP contribution in [-0.2, 0) is 19.1 Å². The quantitative estimate of drug-likeness (QED) is 0.579. The summed E-state index contributed by atoms with van der Waals surface area (Å²) in [6, 6.07) is 16.4. The summed E-state index contributed by atoms with van der Waals surface area (Å²) in [5.41, 5.74) is 2.07. The van der Waals surface area contributed by atoms with Crippen LogP contribution in [0, 0.1) is 23.7 Å². The first-order chi connectivity index (χ1) is 15.5. The minimum absolute atomic E-state index is 0.155. The zero-order valence-corrected chi connectivity index (χ0v) is 17.7. The molecular weight excluding hydrogens is 408 g/mol. The Morgan fingerprint density at radius 1 is 0.969 bits per heavy atom. The van der Waals surface area contributed by atoms with Gasteiger partial charge in [0.25, 0.3) is 0 Å². The molecule has 2 aromatic rings. The number of likely N-dealkylation sites (tertiary alicyclic amines) is 1. The van der Waals surface area contributed by atoms with Crippen LogP contribution >= 0.6 is 0 Å². The zero-order chi connectivity index (χ0) is 22.4. The van der Waals surface area contributed by atoms with Gasteiger partial charge < -0.3 is 10.1 Å². The Morgan fingerprint density at radius 3 is 2.34 bits per heavy atom. The number of nitrogens with one attached hydrogen (secondary N) is 1. The van der Waals surface area contributed by atoms with E-state index in [-0.39, 0.29) is 42.0 Å². The molecule has 164 valence electrons. The largest absolute Gasteiger partial charge is 0.465 e. The fourth-order valence-corrected chi connectivity index (χ4v) is 5.91. The van der Waals surface area contributed by atoms with Gasteiger partial charge >= 0.3 is 5.97 Å². The molecule has 2 bridgehead atoms. The number of nitrogens with zero attached hydrogens (tertiary/aromatic N) is 1. The van der Waals surface area contributed by atoms with Crippen LogP contribution in [0.4, 0.5) is 5.69 Å². The maximum atomic E-state index is 13.2. The van der Waals surface area contributed by atoms with Gasteiger partial charge in [-0.1, -0.05) is 30.3 Å². The first kappa shape index (κ1) is 20.4. The predicted octanol–water partition coefficient (Wildman–Crippen LogP) is 2.84. The van der Waals surface area contributed by atoms with Crippen molar-refractivity contribution in [3.05, 3.63) is 65.7 Å². The van der Waals surface area contributed by atoms with E-state index in [0.29, 0.717) is 17.2 Å². The van der Waals surface area contributed by atoms with Crippen molar-refractivity contribution in [2.45, 2.75) is 18.8 Å². The number of anilines is 1. The number of carbonyl (C=O) groups excluding carboxylic acids is 4. The lowest BCUT2D eigenvalue weighted by Gasteiger charge is -2.28. The molecule has 2 aromatic carbocycles. The van der Waals surface area contributed by atoms with Gasteiger partial charge in [0.05, 0.1) is 24.5 Å². The molecule has 7 heteroatoms. The molecule has 2 aliphatic carbocycles. The number of fused-ring (bicyclic) bond motifs is 5. The van der Waals surface area contributed by atoms with E-state index in [1.54, 1.807) is 24.3 Å². The molecule has 0 radical (unpaired) electrons. The fraction of sp³-hybridized carbons (Fsp3) is 0.360. The SMILES string of the molecule is COC(=O)c1ccc(NC(=O)CN2C(=O)[C@@H]3[C@@H]4C[C@H]([C@@H]3C2=O)[C@H](c2ccccc2)C4)cc1. The summed E-state index contributed by atoms with van der Waals surface area (Å²) in [6.45, 7) is -0.293. The number of hydrogen-bond acceptors (Lipinski definition) is 5.